The van der Waals surface area contributed by atoms with E-state index in [4.69, 9.17) is 4.74 Å². The number of hydrogen-bond donors (Lipinski definition) is 1. The summed E-state index contributed by atoms with van der Waals surface area (Å²) in [6, 6.07) is 9.62. The van der Waals surface area contributed by atoms with Crippen LogP contribution in [0.5, 0.6) is 0 Å². The Bertz CT molecular complexity index is 936. The van der Waals surface area contributed by atoms with E-state index in [1.807, 2.05) is 35.8 Å². The lowest BCUT2D eigenvalue weighted by Crippen LogP contribution is -2.48. The topological polar surface area (TPSA) is 63.6 Å². The molecule has 28 heavy (non-hydrogen) atoms. The monoisotopic (exact) mass is 383 g/mol. The molecule has 2 aliphatic rings. The van der Waals surface area contributed by atoms with E-state index in [1.165, 1.54) is 0 Å². The summed E-state index contributed by atoms with van der Waals surface area (Å²) in [5, 5.41) is 3.85. The van der Waals surface area contributed by atoms with Gasteiger partial charge in [-0.15, -0.1) is 0 Å². The van der Waals surface area contributed by atoms with Crippen molar-refractivity contribution in [2.75, 3.05) is 19.7 Å². The average molecular weight is 383 g/mol. The molecule has 150 valence electrons. The van der Waals surface area contributed by atoms with Gasteiger partial charge in [0.2, 0.25) is 5.91 Å². The summed E-state index contributed by atoms with van der Waals surface area (Å²) in [5.74, 6) is 0.495. The molecule has 0 radical (unpaired) electrons. The molecule has 1 amide bonds. The summed E-state index contributed by atoms with van der Waals surface area (Å²) in [5.41, 5.74) is 1.60. The Balaban J connectivity index is 1.44. The van der Waals surface area contributed by atoms with Crippen LogP contribution in [0.4, 0.5) is 0 Å². The second-order valence-electron chi connectivity index (χ2n) is 8.48. The van der Waals surface area contributed by atoms with E-state index in [0.717, 1.165) is 37.3 Å². The van der Waals surface area contributed by atoms with Gasteiger partial charge < -0.3 is 14.6 Å². The van der Waals surface area contributed by atoms with Crippen LogP contribution in [0.1, 0.15) is 26.0 Å². The van der Waals surface area contributed by atoms with Crippen LogP contribution >= 0.6 is 0 Å². The van der Waals surface area contributed by atoms with Crippen molar-refractivity contribution in [1.29, 1.82) is 0 Å². The molecular formula is C22H29N3O3. The van der Waals surface area contributed by atoms with E-state index in [0.29, 0.717) is 17.3 Å². The van der Waals surface area contributed by atoms with Crippen molar-refractivity contribution >= 4 is 16.8 Å². The SMILES string of the molecule is Cc1cc(=O)c2ccccc2n1CC(=O)N[C@H]1C[C@H]2CO[C@H](C(C)C)CN2C1. The van der Waals surface area contributed by atoms with E-state index in [-0.39, 0.29) is 30.0 Å². The minimum absolute atomic E-state index is 0.00265. The highest BCUT2D eigenvalue weighted by molar-refractivity contribution is 5.82. The average Bonchev–Trinajstić information content (AvgIpc) is 3.06. The van der Waals surface area contributed by atoms with Gasteiger partial charge in [-0.3, -0.25) is 14.5 Å². The first kappa shape index (κ1) is 19.2. The molecular weight excluding hydrogens is 354 g/mol. The number of nitrogens with zero attached hydrogens (tertiary/aromatic N) is 2. The van der Waals surface area contributed by atoms with Crippen LogP contribution in [0.2, 0.25) is 0 Å². The summed E-state index contributed by atoms with van der Waals surface area (Å²) < 4.78 is 7.91. The quantitative estimate of drug-likeness (QED) is 0.876. The Labute approximate surface area is 165 Å². The number of rotatable bonds is 4. The second-order valence-corrected chi connectivity index (χ2v) is 8.48. The molecule has 3 heterocycles. The number of carbonyl (C=O) groups excluding carboxylic acids is 1. The van der Waals surface area contributed by atoms with Crippen LogP contribution in [0.25, 0.3) is 10.9 Å². The van der Waals surface area contributed by atoms with E-state index < -0.39 is 0 Å². The Kier molecular flexibility index (Phi) is 5.25. The van der Waals surface area contributed by atoms with Crippen molar-refractivity contribution < 1.29 is 9.53 Å². The lowest BCUT2D eigenvalue weighted by Gasteiger charge is -2.36. The number of aryl methyl sites for hydroxylation is 1. The number of fused-ring (bicyclic) bond motifs is 2. The van der Waals surface area contributed by atoms with Crippen molar-refractivity contribution in [3.63, 3.8) is 0 Å². The molecule has 0 unspecified atom stereocenters. The predicted molar refractivity (Wildman–Crippen MR) is 109 cm³/mol. The smallest absolute Gasteiger partial charge is 0.240 e. The first-order chi connectivity index (χ1) is 13.4. The van der Waals surface area contributed by atoms with E-state index in [2.05, 4.69) is 24.1 Å². The number of morpholine rings is 1. The van der Waals surface area contributed by atoms with Crippen LogP contribution in [0.15, 0.2) is 35.1 Å². The van der Waals surface area contributed by atoms with Gasteiger partial charge in [0, 0.05) is 42.3 Å². The molecule has 1 aromatic carbocycles. The Morgan fingerprint density at radius 2 is 2.07 bits per heavy atom. The molecule has 0 spiro atoms. The molecule has 4 rings (SSSR count). The number of ether oxygens (including phenoxy) is 1. The zero-order valence-corrected chi connectivity index (χ0v) is 16.9. The van der Waals surface area contributed by atoms with Crippen molar-refractivity contribution in [3.8, 4) is 0 Å². The Morgan fingerprint density at radius 1 is 1.29 bits per heavy atom. The number of para-hydroxylation sites is 1. The predicted octanol–water partition coefficient (Wildman–Crippen LogP) is 1.92. The number of amides is 1. The normalized spacial score (nSPS) is 25.2. The Morgan fingerprint density at radius 3 is 2.86 bits per heavy atom. The molecule has 1 aromatic heterocycles. The number of nitrogens with one attached hydrogen (secondary N) is 1. The fourth-order valence-electron chi connectivity index (χ4n) is 4.49. The van der Waals surface area contributed by atoms with Crippen molar-refractivity contribution in [3.05, 3.63) is 46.2 Å². The van der Waals surface area contributed by atoms with Crippen LogP contribution in [0, 0.1) is 12.8 Å². The Hall–Kier alpha value is -2.18. The lowest BCUT2D eigenvalue weighted by atomic mass is 10.0. The number of hydrogen-bond acceptors (Lipinski definition) is 4. The summed E-state index contributed by atoms with van der Waals surface area (Å²) >= 11 is 0. The molecule has 0 aliphatic carbocycles. The zero-order valence-electron chi connectivity index (χ0n) is 16.9. The fourth-order valence-corrected chi connectivity index (χ4v) is 4.49. The van der Waals surface area contributed by atoms with Gasteiger partial charge in [0.1, 0.15) is 6.54 Å². The van der Waals surface area contributed by atoms with Gasteiger partial charge in [-0.05, 0) is 31.4 Å². The highest BCUT2D eigenvalue weighted by Gasteiger charge is 2.38. The maximum absolute atomic E-state index is 12.8. The summed E-state index contributed by atoms with van der Waals surface area (Å²) in [6.45, 7) is 9.05. The summed E-state index contributed by atoms with van der Waals surface area (Å²) in [6.07, 6.45) is 1.21. The number of aromatic nitrogens is 1. The maximum Gasteiger partial charge on any atom is 0.240 e. The van der Waals surface area contributed by atoms with Gasteiger partial charge in [0.15, 0.2) is 5.43 Å². The van der Waals surface area contributed by atoms with Crippen molar-refractivity contribution in [1.82, 2.24) is 14.8 Å². The van der Waals surface area contributed by atoms with Crippen LogP contribution < -0.4 is 10.7 Å². The van der Waals surface area contributed by atoms with Crippen LogP contribution in [0.3, 0.4) is 0 Å². The number of benzene rings is 1. The standard InChI is InChI=1S/C22H29N3O3/c1-14(2)21-11-24-10-16(9-17(24)13-28-21)23-22(27)12-25-15(3)8-20(26)18-6-4-5-7-19(18)25/h4-8,14,16-17,21H,9-13H2,1-3H3,(H,23,27)/t16-,17-,21-/m0/s1. The molecule has 2 saturated heterocycles. The number of carbonyl (C=O) groups is 1. The molecule has 2 aliphatic heterocycles. The third-order valence-electron chi connectivity index (χ3n) is 6.08. The van der Waals surface area contributed by atoms with Gasteiger partial charge in [-0.25, -0.2) is 0 Å². The third kappa shape index (κ3) is 3.71. The molecule has 2 aromatic rings. The summed E-state index contributed by atoms with van der Waals surface area (Å²) in [7, 11) is 0. The lowest BCUT2D eigenvalue weighted by molar-refractivity contribution is -0.122. The minimum Gasteiger partial charge on any atom is -0.375 e. The van der Waals surface area contributed by atoms with Crippen molar-refractivity contribution in [2.45, 2.75) is 51.9 Å². The first-order valence-corrected chi connectivity index (χ1v) is 10.2. The maximum atomic E-state index is 12.8. The zero-order chi connectivity index (χ0) is 19.8. The molecule has 3 atom stereocenters. The van der Waals surface area contributed by atoms with E-state index >= 15 is 0 Å². The summed E-state index contributed by atoms with van der Waals surface area (Å²) in [4.78, 5) is 27.4. The van der Waals surface area contributed by atoms with Gasteiger partial charge >= 0.3 is 0 Å². The fraction of sp³-hybridized carbons (Fsp3) is 0.545. The van der Waals surface area contributed by atoms with Gasteiger partial charge in [-0.1, -0.05) is 26.0 Å². The molecule has 6 nitrogen and oxygen atoms in total. The number of pyridine rings is 1. The highest BCUT2D eigenvalue weighted by atomic mass is 16.5. The minimum atomic E-state index is -0.0110. The molecule has 0 saturated carbocycles. The molecule has 6 heteroatoms. The largest absolute Gasteiger partial charge is 0.375 e. The molecule has 1 N–H and O–H groups in total. The van der Waals surface area contributed by atoms with Gasteiger partial charge in [0.25, 0.3) is 0 Å². The van der Waals surface area contributed by atoms with Gasteiger partial charge in [-0.2, -0.15) is 0 Å². The van der Waals surface area contributed by atoms with Crippen LogP contribution in [-0.2, 0) is 16.1 Å². The molecule has 2 fully saturated rings. The van der Waals surface area contributed by atoms with E-state index in [9.17, 15) is 9.59 Å². The molecule has 0 bridgehead atoms. The van der Waals surface area contributed by atoms with Crippen LogP contribution in [-0.4, -0.2) is 53.3 Å². The van der Waals surface area contributed by atoms with Crippen molar-refractivity contribution in [2.24, 2.45) is 5.92 Å². The highest BCUT2D eigenvalue weighted by Crippen LogP contribution is 2.25. The third-order valence-corrected chi connectivity index (χ3v) is 6.08. The first-order valence-electron chi connectivity index (χ1n) is 10.2. The van der Waals surface area contributed by atoms with Gasteiger partial charge in [0.05, 0.1) is 18.2 Å². The van der Waals surface area contributed by atoms with E-state index in [1.54, 1.807) is 6.07 Å². The second kappa shape index (κ2) is 7.68.